The fourth-order valence-electron chi connectivity index (χ4n) is 2.51. The van der Waals surface area contributed by atoms with Gasteiger partial charge in [0, 0.05) is 29.9 Å². The molecular formula is C16H22BN3O2. The van der Waals surface area contributed by atoms with Crippen LogP contribution in [-0.2, 0) is 9.31 Å². The Morgan fingerprint density at radius 1 is 1.32 bits per heavy atom. The Balaban J connectivity index is 1.95. The summed E-state index contributed by atoms with van der Waals surface area (Å²) < 4.78 is 12.2. The summed E-state index contributed by atoms with van der Waals surface area (Å²) in [5, 5.41) is 1.06. The second-order valence-electron chi connectivity index (χ2n) is 6.66. The van der Waals surface area contributed by atoms with E-state index in [0.29, 0.717) is 6.54 Å². The first-order valence-electron chi connectivity index (χ1n) is 7.52. The maximum atomic E-state index is 6.08. The van der Waals surface area contributed by atoms with Gasteiger partial charge in [-0.3, -0.25) is 0 Å². The molecule has 0 unspecified atom stereocenters. The smallest absolute Gasteiger partial charge is 0.400 e. The van der Waals surface area contributed by atoms with Crippen LogP contribution in [0.15, 0.2) is 30.0 Å². The molecule has 2 aromatic rings. The molecule has 22 heavy (non-hydrogen) atoms. The van der Waals surface area contributed by atoms with Crippen LogP contribution in [0.4, 0.5) is 0 Å². The number of H-pyrrole nitrogens is 1. The molecule has 3 N–H and O–H groups in total. The molecule has 1 saturated heterocycles. The molecular weight excluding hydrogens is 277 g/mol. The first-order chi connectivity index (χ1) is 10.3. The van der Waals surface area contributed by atoms with Crippen molar-refractivity contribution in [2.24, 2.45) is 5.73 Å². The lowest BCUT2D eigenvalue weighted by Gasteiger charge is -2.32. The molecule has 0 bridgehead atoms. The summed E-state index contributed by atoms with van der Waals surface area (Å²) in [6.07, 6.45) is 5.73. The van der Waals surface area contributed by atoms with E-state index in [2.05, 4.69) is 9.97 Å². The van der Waals surface area contributed by atoms with Crippen molar-refractivity contribution in [3.8, 4) is 0 Å². The Hall–Kier alpha value is -1.63. The van der Waals surface area contributed by atoms with Crippen molar-refractivity contribution < 1.29 is 9.31 Å². The zero-order chi connectivity index (χ0) is 16.0. The summed E-state index contributed by atoms with van der Waals surface area (Å²) in [4.78, 5) is 7.46. The molecule has 1 fully saturated rings. The average molecular weight is 299 g/mol. The molecule has 1 aliphatic rings. The minimum Gasteiger partial charge on any atom is -0.400 e. The minimum atomic E-state index is -0.420. The highest BCUT2D eigenvalue weighted by Crippen LogP contribution is 2.38. The molecule has 0 aromatic carbocycles. The SMILES string of the molecule is CC1(C)OB(C(=Cc2c[nH]c3ncccc23)CN)OC1(C)C. The number of nitrogens with one attached hydrogen (secondary N) is 1. The van der Waals surface area contributed by atoms with Crippen molar-refractivity contribution in [1.82, 2.24) is 9.97 Å². The van der Waals surface area contributed by atoms with Crippen molar-refractivity contribution in [3.05, 3.63) is 35.6 Å². The maximum absolute atomic E-state index is 6.08. The quantitative estimate of drug-likeness (QED) is 0.854. The van der Waals surface area contributed by atoms with Gasteiger partial charge < -0.3 is 20.0 Å². The number of hydrogen-bond acceptors (Lipinski definition) is 4. The van der Waals surface area contributed by atoms with E-state index in [4.69, 9.17) is 15.0 Å². The van der Waals surface area contributed by atoms with E-state index in [1.807, 2.05) is 52.1 Å². The summed E-state index contributed by atoms with van der Waals surface area (Å²) in [6, 6.07) is 3.95. The van der Waals surface area contributed by atoms with Gasteiger partial charge >= 0.3 is 7.12 Å². The molecule has 116 valence electrons. The number of rotatable bonds is 3. The number of nitrogens with two attached hydrogens (primary N) is 1. The van der Waals surface area contributed by atoms with Crippen LogP contribution in [0.1, 0.15) is 33.3 Å². The Labute approximate surface area is 131 Å². The van der Waals surface area contributed by atoms with Gasteiger partial charge in [-0.2, -0.15) is 0 Å². The standard InChI is InChI=1S/C16H22BN3O2/c1-15(2)16(3,4)22-17(21-15)12(9-18)8-11-10-20-14-13(11)6-5-7-19-14/h5-8,10H,9,18H2,1-4H3,(H,19,20). The highest BCUT2D eigenvalue weighted by Gasteiger charge is 2.52. The monoisotopic (exact) mass is 299 g/mol. The molecule has 3 rings (SSSR count). The normalized spacial score (nSPS) is 20.8. The summed E-state index contributed by atoms with van der Waals surface area (Å²) in [7, 11) is -0.420. The number of pyridine rings is 1. The van der Waals surface area contributed by atoms with Crippen molar-refractivity contribution in [3.63, 3.8) is 0 Å². The molecule has 1 aliphatic heterocycles. The van der Waals surface area contributed by atoms with E-state index in [0.717, 1.165) is 22.1 Å². The first-order valence-corrected chi connectivity index (χ1v) is 7.52. The third-order valence-corrected chi connectivity index (χ3v) is 4.62. The van der Waals surface area contributed by atoms with Gasteiger partial charge in [0.2, 0.25) is 0 Å². The number of hydrogen-bond donors (Lipinski definition) is 2. The van der Waals surface area contributed by atoms with Crippen LogP contribution in [0.3, 0.4) is 0 Å². The van der Waals surface area contributed by atoms with E-state index in [1.54, 1.807) is 6.20 Å². The third-order valence-electron chi connectivity index (χ3n) is 4.62. The fraction of sp³-hybridized carbons (Fsp3) is 0.438. The highest BCUT2D eigenvalue weighted by molar-refractivity contribution is 6.56. The molecule has 0 atom stereocenters. The van der Waals surface area contributed by atoms with Gasteiger partial charge in [-0.1, -0.05) is 6.08 Å². The first kappa shape index (κ1) is 15.3. The van der Waals surface area contributed by atoms with Crippen LogP contribution in [-0.4, -0.2) is 34.8 Å². The minimum absolute atomic E-state index is 0.367. The van der Waals surface area contributed by atoms with Crippen LogP contribution < -0.4 is 5.73 Å². The number of fused-ring (bicyclic) bond motifs is 1. The molecule has 6 heteroatoms. The van der Waals surface area contributed by atoms with Crippen LogP contribution in [0.2, 0.25) is 0 Å². The van der Waals surface area contributed by atoms with E-state index in [1.165, 1.54) is 0 Å². The molecule has 0 spiro atoms. The molecule has 0 saturated carbocycles. The zero-order valence-corrected chi connectivity index (χ0v) is 13.5. The summed E-state index contributed by atoms with van der Waals surface area (Å²) in [6.45, 7) is 8.53. The van der Waals surface area contributed by atoms with Gasteiger partial charge in [0.25, 0.3) is 0 Å². The van der Waals surface area contributed by atoms with Gasteiger partial charge in [-0.15, -0.1) is 0 Å². The van der Waals surface area contributed by atoms with Crippen molar-refractivity contribution in [2.45, 2.75) is 38.9 Å². The van der Waals surface area contributed by atoms with Crippen LogP contribution in [0, 0.1) is 0 Å². The predicted octanol–water partition coefficient (Wildman–Crippen LogP) is 2.54. The lowest BCUT2D eigenvalue weighted by molar-refractivity contribution is 0.00578. The Morgan fingerprint density at radius 2 is 2.00 bits per heavy atom. The number of nitrogens with zero attached hydrogens (tertiary/aromatic N) is 1. The number of aromatic amines is 1. The van der Waals surface area contributed by atoms with Gasteiger partial charge in [-0.05, 0) is 45.3 Å². The Morgan fingerprint density at radius 3 is 2.64 bits per heavy atom. The zero-order valence-electron chi connectivity index (χ0n) is 13.5. The third kappa shape index (κ3) is 2.47. The lowest BCUT2D eigenvalue weighted by atomic mass is 9.77. The van der Waals surface area contributed by atoms with Crippen LogP contribution in [0.25, 0.3) is 17.1 Å². The topological polar surface area (TPSA) is 73.2 Å². The Bertz CT molecular complexity index is 705. The number of aromatic nitrogens is 2. The summed E-state index contributed by atoms with van der Waals surface area (Å²) in [5.74, 6) is 0. The van der Waals surface area contributed by atoms with Crippen molar-refractivity contribution in [2.75, 3.05) is 6.54 Å². The Kier molecular flexibility index (Phi) is 3.63. The fourth-order valence-corrected chi connectivity index (χ4v) is 2.51. The van der Waals surface area contributed by atoms with Gasteiger partial charge in [0.1, 0.15) is 5.65 Å². The van der Waals surface area contributed by atoms with E-state index < -0.39 is 7.12 Å². The second kappa shape index (κ2) is 5.23. The maximum Gasteiger partial charge on any atom is 0.491 e. The molecule has 2 aromatic heterocycles. The molecule has 0 amide bonds. The van der Waals surface area contributed by atoms with Gasteiger partial charge in [0.15, 0.2) is 0 Å². The van der Waals surface area contributed by atoms with Crippen molar-refractivity contribution >= 4 is 24.2 Å². The van der Waals surface area contributed by atoms with Gasteiger partial charge in [0.05, 0.1) is 11.2 Å². The summed E-state index contributed by atoms with van der Waals surface area (Å²) >= 11 is 0. The van der Waals surface area contributed by atoms with Gasteiger partial charge in [-0.25, -0.2) is 4.98 Å². The van der Waals surface area contributed by atoms with Crippen molar-refractivity contribution in [1.29, 1.82) is 0 Å². The average Bonchev–Trinajstić information content (AvgIpc) is 2.95. The summed E-state index contributed by atoms with van der Waals surface area (Å²) in [5.41, 5.74) is 8.02. The highest BCUT2D eigenvalue weighted by atomic mass is 16.7. The molecule has 0 radical (unpaired) electrons. The predicted molar refractivity (Wildman–Crippen MR) is 89.2 cm³/mol. The van der Waals surface area contributed by atoms with E-state index in [-0.39, 0.29) is 11.2 Å². The van der Waals surface area contributed by atoms with E-state index in [9.17, 15) is 0 Å². The van der Waals surface area contributed by atoms with Crippen LogP contribution in [0.5, 0.6) is 0 Å². The lowest BCUT2D eigenvalue weighted by Crippen LogP contribution is -2.41. The largest absolute Gasteiger partial charge is 0.491 e. The molecule has 3 heterocycles. The molecule has 5 nitrogen and oxygen atoms in total. The second-order valence-corrected chi connectivity index (χ2v) is 6.66. The molecule has 0 aliphatic carbocycles. The van der Waals surface area contributed by atoms with E-state index >= 15 is 0 Å². The van der Waals surface area contributed by atoms with Crippen LogP contribution >= 0.6 is 0 Å².